The van der Waals surface area contributed by atoms with E-state index < -0.39 is 6.04 Å². The lowest BCUT2D eigenvalue weighted by atomic mass is 9.92. The highest BCUT2D eigenvalue weighted by Crippen LogP contribution is 2.32. The maximum absolute atomic E-state index is 12.4. The van der Waals surface area contributed by atoms with Crippen LogP contribution in [-0.4, -0.2) is 40.4 Å². The van der Waals surface area contributed by atoms with E-state index in [-0.39, 0.29) is 11.2 Å². The van der Waals surface area contributed by atoms with Crippen LogP contribution in [-0.2, 0) is 22.5 Å². The first-order chi connectivity index (χ1) is 12.1. The molecule has 0 saturated heterocycles. The number of nitrogens with zero attached hydrogens (tertiary/aromatic N) is 3. The van der Waals surface area contributed by atoms with Crippen LogP contribution in [0.3, 0.4) is 0 Å². The van der Waals surface area contributed by atoms with Gasteiger partial charge in [-0.05, 0) is 30.2 Å². The molecule has 0 unspecified atom stereocenters. The van der Waals surface area contributed by atoms with Gasteiger partial charge in [-0.25, -0.2) is 4.79 Å². The molecule has 2 aromatic rings. The maximum atomic E-state index is 12.4. The molecule has 0 N–H and O–H groups in total. The van der Waals surface area contributed by atoms with Gasteiger partial charge in [0.25, 0.3) is 0 Å². The van der Waals surface area contributed by atoms with Crippen LogP contribution in [0.5, 0.6) is 0 Å². The van der Waals surface area contributed by atoms with Gasteiger partial charge in [0, 0.05) is 6.54 Å². The summed E-state index contributed by atoms with van der Waals surface area (Å²) in [4.78, 5) is 18.9. The molecular weight excluding hydrogens is 338 g/mol. The molecule has 25 heavy (non-hydrogen) atoms. The summed E-state index contributed by atoms with van der Waals surface area (Å²) in [6, 6.07) is 7.57. The molecular formula is C18H23N3O3S. The summed E-state index contributed by atoms with van der Waals surface area (Å²) in [6.45, 7) is 5.35. The Hall–Kier alpha value is -1.86. The Balaban J connectivity index is 1.81. The highest BCUT2D eigenvalue weighted by molar-refractivity contribution is 7.99. The molecule has 2 atom stereocenters. The highest BCUT2D eigenvalue weighted by Gasteiger charge is 2.34. The molecule has 1 aliphatic rings. The van der Waals surface area contributed by atoms with E-state index in [0.29, 0.717) is 18.3 Å². The smallest absolute Gasteiger partial charge is 0.327 e. The lowest BCUT2D eigenvalue weighted by Gasteiger charge is -2.34. The third-order valence-corrected chi connectivity index (χ3v) is 5.45. The van der Waals surface area contributed by atoms with Crippen molar-refractivity contribution >= 4 is 17.7 Å². The third kappa shape index (κ3) is 3.88. The average molecular weight is 361 g/mol. The van der Waals surface area contributed by atoms with Crippen LogP contribution in [0.2, 0.25) is 0 Å². The molecule has 0 radical (unpaired) electrons. The molecule has 0 fully saturated rings. The molecule has 6 nitrogen and oxygen atoms in total. The second-order valence-corrected chi connectivity index (χ2v) is 7.61. The van der Waals surface area contributed by atoms with E-state index in [1.165, 1.54) is 12.7 Å². The summed E-state index contributed by atoms with van der Waals surface area (Å²) < 4.78 is 10.5. The van der Waals surface area contributed by atoms with E-state index in [1.807, 2.05) is 23.1 Å². The minimum absolute atomic E-state index is 0.195. The van der Waals surface area contributed by atoms with Crippen LogP contribution in [0.25, 0.3) is 0 Å². The summed E-state index contributed by atoms with van der Waals surface area (Å²) in [7, 11) is 1.42. The molecule has 0 aliphatic carbocycles. The number of rotatable bonds is 6. The molecule has 7 heteroatoms. The van der Waals surface area contributed by atoms with Gasteiger partial charge in [0.2, 0.25) is 5.89 Å². The standard InChI is InChI=1S/C18H23N3O3S/c1-4-25-12(2)17-19-15(24-20-17)11-21-10-9-13-7-5-6-8-14(13)16(21)18(22)23-3/h5-8,12,16H,4,9-11H2,1-3H3/t12-,16-/m1/s1. The number of esters is 1. The Labute approximate surface area is 151 Å². The Morgan fingerprint density at radius 3 is 3.04 bits per heavy atom. The zero-order chi connectivity index (χ0) is 17.8. The summed E-state index contributed by atoms with van der Waals surface area (Å²) in [5.41, 5.74) is 2.18. The first kappa shape index (κ1) is 17.9. The molecule has 0 amide bonds. The number of carbonyl (C=O) groups excluding carboxylic acids is 1. The number of carbonyl (C=O) groups is 1. The topological polar surface area (TPSA) is 68.5 Å². The molecule has 1 aromatic heterocycles. The van der Waals surface area contributed by atoms with Crippen molar-refractivity contribution in [3.05, 3.63) is 47.1 Å². The molecule has 2 heterocycles. The van der Waals surface area contributed by atoms with E-state index in [1.54, 1.807) is 11.8 Å². The largest absolute Gasteiger partial charge is 0.468 e. The van der Waals surface area contributed by atoms with E-state index in [0.717, 1.165) is 24.3 Å². The highest BCUT2D eigenvalue weighted by atomic mass is 32.2. The number of hydrogen-bond donors (Lipinski definition) is 0. The van der Waals surface area contributed by atoms with Gasteiger partial charge in [0.05, 0.1) is 18.9 Å². The fraction of sp³-hybridized carbons (Fsp3) is 0.500. The maximum Gasteiger partial charge on any atom is 0.327 e. The number of methoxy groups -OCH3 is 1. The SMILES string of the molecule is CCS[C@H](C)c1noc(CN2CCc3ccccc3[C@@H]2C(=O)OC)n1. The predicted molar refractivity (Wildman–Crippen MR) is 96.2 cm³/mol. The van der Waals surface area contributed by atoms with Crippen molar-refractivity contribution in [3.63, 3.8) is 0 Å². The fourth-order valence-corrected chi connectivity index (χ4v) is 3.92. The number of ether oxygens (including phenoxy) is 1. The number of thioether (sulfide) groups is 1. The quantitative estimate of drug-likeness (QED) is 0.732. The van der Waals surface area contributed by atoms with Gasteiger partial charge in [-0.1, -0.05) is 36.3 Å². The first-order valence-electron chi connectivity index (χ1n) is 8.47. The first-order valence-corrected chi connectivity index (χ1v) is 9.52. The van der Waals surface area contributed by atoms with Crippen molar-refractivity contribution in [2.45, 2.75) is 38.1 Å². The van der Waals surface area contributed by atoms with E-state index in [4.69, 9.17) is 9.26 Å². The number of aromatic nitrogens is 2. The lowest BCUT2D eigenvalue weighted by Crippen LogP contribution is -2.39. The Kier molecular flexibility index (Phi) is 5.75. The number of fused-ring (bicyclic) bond motifs is 1. The summed E-state index contributed by atoms with van der Waals surface area (Å²) in [6.07, 6.45) is 0.882. The average Bonchev–Trinajstić information content (AvgIpc) is 3.10. The Bertz CT molecular complexity index is 734. The monoisotopic (exact) mass is 361 g/mol. The zero-order valence-corrected chi connectivity index (χ0v) is 15.6. The molecule has 134 valence electrons. The molecule has 1 aliphatic heterocycles. The van der Waals surface area contributed by atoms with Crippen molar-refractivity contribution < 1.29 is 14.1 Å². The van der Waals surface area contributed by atoms with Crippen molar-refractivity contribution in [3.8, 4) is 0 Å². The van der Waals surface area contributed by atoms with E-state index in [2.05, 4.69) is 30.1 Å². The van der Waals surface area contributed by atoms with Gasteiger partial charge in [0.1, 0.15) is 6.04 Å². The van der Waals surface area contributed by atoms with Gasteiger partial charge in [-0.3, -0.25) is 4.90 Å². The molecule has 0 saturated carbocycles. The van der Waals surface area contributed by atoms with Crippen molar-refractivity contribution in [2.24, 2.45) is 0 Å². The summed E-state index contributed by atoms with van der Waals surface area (Å²) >= 11 is 1.77. The van der Waals surface area contributed by atoms with Crippen LogP contribution < -0.4 is 0 Å². The van der Waals surface area contributed by atoms with Gasteiger partial charge in [-0.2, -0.15) is 16.7 Å². The predicted octanol–water partition coefficient (Wildman–Crippen LogP) is 3.16. The van der Waals surface area contributed by atoms with Gasteiger partial charge >= 0.3 is 5.97 Å². The second-order valence-electron chi connectivity index (χ2n) is 5.99. The van der Waals surface area contributed by atoms with Crippen LogP contribution in [0, 0.1) is 0 Å². The van der Waals surface area contributed by atoms with Crippen molar-refractivity contribution in [2.75, 3.05) is 19.4 Å². The normalized spacial score (nSPS) is 18.6. The molecule has 0 spiro atoms. The van der Waals surface area contributed by atoms with Crippen LogP contribution in [0.1, 0.15) is 48.0 Å². The van der Waals surface area contributed by atoms with Crippen molar-refractivity contribution in [1.29, 1.82) is 0 Å². The number of hydrogen-bond acceptors (Lipinski definition) is 7. The minimum Gasteiger partial charge on any atom is -0.468 e. The van der Waals surface area contributed by atoms with Gasteiger partial charge in [-0.15, -0.1) is 0 Å². The Morgan fingerprint density at radius 2 is 2.28 bits per heavy atom. The fourth-order valence-electron chi connectivity index (χ4n) is 3.17. The van der Waals surface area contributed by atoms with E-state index >= 15 is 0 Å². The Morgan fingerprint density at radius 1 is 1.48 bits per heavy atom. The van der Waals surface area contributed by atoms with Crippen molar-refractivity contribution in [1.82, 2.24) is 15.0 Å². The van der Waals surface area contributed by atoms with Crippen LogP contribution >= 0.6 is 11.8 Å². The van der Waals surface area contributed by atoms with Crippen LogP contribution in [0.15, 0.2) is 28.8 Å². The van der Waals surface area contributed by atoms with E-state index in [9.17, 15) is 4.79 Å². The van der Waals surface area contributed by atoms with Gasteiger partial charge in [0.15, 0.2) is 5.82 Å². The number of benzene rings is 1. The molecule has 0 bridgehead atoms. The summed E-state index contributed by atoms with van der Waals surface area (Å²) in [5.74, 6) is 1.97. The second kappa shape index (κ2) is 8.01. The van der Waals surface area contributed by atoms with Crippen LogP contribution in [0.4, 0.5) is 0 Å². The lowest BCUT2D eigenvalue weighted by molar-refractivity contribution is -0.148. The van der Waals surface area contributed by atoms with Gasteiger partial charge < -0.3 is 9.26 Å². The summed E-state index contributed by atoms with van der Waals surface area (Å²) in [5, 5.41) is 4.28. The molecule has 1 aromatic carbocycles. The minimum atomic E-state index is -0.437. The molecule has 3 rings (SSSR count). The zero-order valence-electron chi connectivity index (χ0n) is 14.8. The third-order valence-electron chi connectivity index (χ3n) is 4.41.